The van der Waals surface area contributed by atoms with E-state index in [1.54, 1.807) is 6.20 Å². The number of aryl methyl sites for hydroxylation is 1. The number of pyridine rings is 1. The number of aliphatic hydroxyl groups excluding tert-OH is 1. The highest BCUT2D eigenvalue weighted by molar-refractivity contribution is 5.43. The van der Waals surface area contributed by atoms with Crippen LogP contribution < -0.4 is 10.5 Å². The summed E-state index contributed by atoms with van der Waals surface area (Å²) in [6.45, 7) is 2.88. The van der Waals surface area contributed by atoms with Gasteiger partial charge in [0.25, 0.3) is 0 Å². The molecule has 0 aliphatic carbocycles. The first kappa shape index (κ1) is 14.0. The van der Waals surface area contributed by atoms with E-state index >= 15 is 0 Å². The van der Waals surface area contributed by atoms with Crippen molar-refractivity contribution in [1.29, 1.82) is 0 Å². The Balaban J connectivity index is 2.07. The number of benzene rings is 1. The topological polar surface area (TPSA) is 68.4 Å². The molecular formula is C17H20N2O2. The fourth-order valence-electron chi connectivity index (χ4n) is 3.01. The monoisotopic (exact) mass is 284 g/mol. The van der Waals surface area contributed by atoms with Gasteiger partial charge in [-0.1, -0.05) is 24.3 Å². The number of aromatic nitrogens is 1. The van der Waals surface area contributed by atoms with Crippen LogP contribution in [-0.2, 0) is 5.41 Å². The molecule has 21 heavy (non-hydrogen) atoms. The van der Waals surface area contributed by atoms with Crippen LogP contribution in [0, 0.1) is 6.92 Å². The van der Waals surface area contributed by atoms with Gasteiger partial charge in [0.2, 0.25) is 0 Å². The van der Waals surface area contributed by atoms with Crippen molar-refractivity contribution >= 4 is 0 Å². The van der Waals surface area contributed by atoms with Gasteiger partial charge in [0.05, 0.1) is 12.3 Å². The summed E-state index contributed by atoms with van der Waals surface area (Å²) < 4.78 is 5.70. The lowest BCUT2D eigenvalue weighted by Gasteiger charge is -2.41. The average molecular weight is 284 g/mol. The fraction of sp³-hybridized carbons (Fsp3) is 0.353. The number of nitrogens with zero attached hydrogens (tertiary/aromatic N) is 1. The van der Waals surface area contributed by atoms with Crippen molar-refractivity contribution in [3.63, 3.8) is 0 Å². The van der Waals surface area contributed by atoms with Gasteiger partial charge in [-0.25, -0.2) is 0 Å². The van der Waals surface area contributed by atoms with Gasteiger partial charge in [0.15, 0.2) is 0 Å². The molecule has 0 radical (unpaired) electrons. The third-order valence-corrected chi connectivity index (χ3v) is 4.33. The predicted molar refractivity (Wildman–Crippen MR) is 81.2 cm³/mol. The molecule has 1 aliphatic heterocycles. The highest BCUT2D eigenvalue weighted by Gasteiger charge is 2.44. The lowest BCUT2D eigenvalue weighted by Crippen LogP contribution is -2.45. The minimum Gasteiger partial charge on any atom is -0.493 e. The lowest BCUT2D eigenvalue weighted by molar-refractivity contribution is 0.0504. The Morgan fingerprint density at radius 3 is 2.86 bits per heavy atom. The Labute approximate surface area is 124 Å². The molecule has 0 saturated heterocycles. The Kier molecular flexibility index (Phi) is 3.66. The van der Waals surface area contributed by atoms with Crippen LogP contribution in [0.2, 0.25) is 0 Å². The van der Waals surface area contributed by atoms with E-state index in [1.165, 1.54) is 0 Å². The maximum absolute atomic E-state index is 10.9. The Bertz CT molecular complexity index is 627. The van der Waals surface area contributed by atoms with Crippen LogP contribution in [0.15, 0.2) is 42.6 Å². The summed E-state index contributed by atoms with van der Waals surface area (Å²) >= 11 is 0. The smallest absolute Gasteiger partial charge is 0.123 e. The molecule has 110 valence electrons. The number of hydrogen-bond donors (Lipinski definition) is 2. The second-order valence-corrected chi connectivity index (χ2v) is 5.62. The van der Waals surface area contributed by atoms with Crippen molar-refractivity contribution in [2.45, 2.75) is 24.9 Å². The van der Waals surface area contributed by atoms with Crippen molar-refractivity contribution in [1.82, 2.24) is 4.98 Å². The maximum atomic E-state index is 10.9. The average Bonchev–Trinajstić information content (AvgIpc) is 2.54. The summed E-state index contributed by atoms with van der Waals surface area (Å²) in [4.78, 5) is 4.37. The van der Waals surface area contributed by atoms with E-state index in [0.29, 0.717) is 25.3 Å². The molecule has 3 N–H and O–H groups in total. The number of para-hydroxylation sites is 1. The Morgan fingerprint density at radius 1 is 1.33 bits per heavy atom. The largest absolute Gasteiger partial charge is 0.493 e. The summed E-state index contributed by atoms with van der Waals surface area (Å²) in [5.74, 6) is 0.806. The normalized spacial score (nSPS) is 22.2. The first-order valence-electron chi connectivity index (χ1n) is 7.20. The lowest BCUT2D eigenvalue weighted by atomic mass is 9.70. The Morgan fingerprint density at radius 2 is 2.14 bits per heavy atom. The molecule has 0 saturated carbocycles. The van der Waals surface area contributed by atoms with Crippen molar-refractivity contribution in [2.75, 3.05) is 13.2 Å². The van der Waals surface area contributed by atoms with Crippen LogP contribution in [0.5, 0.6) is 5.75 Å². The van der Waals surface area contributed by atoms with Crippen LogP contribution >= 0.6 is 0 Å². The first-order valence-corrected chi connectivity index (χ1v) is 7.20. The summed E-state index contributed by atoms with van der Waals surface area (Å²) in [5, 5.41) is 10.9. The fourth-order valence-corrected chi connectivity index (χ4v) is 3.01. The molecule has 1 aromatic heterocycles. The van der Waals surface area contributed by atoms with Gasteiger partial charge in [-0.3, -0.25) is 4.98 Å². The van der Waals surface area contributed by atoms with Crippen LogP contribution in [0.25, 0.3) is 0 Å². The van der Waals surface area contributed by atoms with Gasteiger partial charge in [0.1, 0.15) is 11.9 Å². The number of aliphatic hydroxyl groups is 1. The minimum atomic E-state index is -0.742. The van der Waals surface area contributed by atoms with Crippen molar-refractivity contribution in [3.05, 3.63) is 59.4 Å². The number of ether oxygens (including phenoxy) is 1. The van der Waals surface area contributed by atoms with Gasteiger partial charge >= 0.3 is 0 Å². The van der Waals surface area contributed by atoms with E-state index in [4.69, 9.17) is 10.5 Å². The molecule has 4 heteroatoms. The molecule has 0 amide bonds. The number of nitrogens with two attached hydrogens (primary N) is 1. The molecule has 0 fully saturated rings. The molecule has 2 aromatic rings. The predicted octanol–water partition coefficient (Wildman–Crippen LogP) is 2.10. The van der Waals surface area contributed by atoms with E-state index in [9.17, 15) is 5.11 Å². The van der Waals surface area contributed by atoms with E-state index < -0.39 is 11.5 Å². The van der Waals surface area contributed by atoms with Gasteiger partial charge in [-0.15, -0.1) is 0 Å². The highest BCUT2D eigenvalue weighted by Crippen LogP contribution is 2.45. The van der Waals surface area contributed by atoms with E-state index in [2.05, 4.69) is 4.98 Å². The third-order valence-electron chi connectivity index (χ3n) is 4.33. The third kappa shape index (κ3) is 2.30. The molecule has 0 spiro atoms. The maximum Gasteiger partial charge on any atom is 0.123 e. The van der Waals surface area contributed by atoms with Crippen LogP contribution in [0.4, 0.5) is 0 Å². The van der Waals surface area contributed by atoms with Crippen LogP contribution in [-0.4, -0.2) is 23.2 Å². The number of hydrogen-bond acceptors (Lipinski definition) is 4. The summed E-state index contributed by atoms with van der Waals surface area (Å²) in [7, 11) is 0. The van der Waals surface area contributed by atoms with Crippen molar-refractivity contribution in [2.24, 2.45) is 5.73 Å². The summed E-state index contributed by atoms with van der Waals surface area (Å²) in [5.41, 5.74) is 8.22. The van der Waals surface area contributed by atoms with Gasteiger partial charge in [-0.2, -0.15) is 0 Å². The molecule has 3 rings (SSSR count). The minimum absolute atomic E-state index is 0.351. The van der Waals surface area contributed by atoms with Gasteiger partial charge in [0, 0.05) is 23.7 Å². The number of rotatable bonds is 3. The Hall–Kier alpha value is -1.91. The molecule has 1 aromatic carbocycles. The van der Waals surface area contributed by atoms with Gasteiger partial charge < -0.3 is 15.6 Å². The summed E-state index contributed by atoms with van der Waals surface area (Å²) in [6.07, 6.45) is 1.71. The van der Waals surface area contributed by atoms with Gasteiger partial charge in [-0.05, 0) is 31.0 Å². The molecule has 4 nitrogen and oxygen atoms in total. The molecule has 2 unspecified atom stereocenters. The first-order chi connectivity index (χ1) is 10.2. The SMILES string of the molecule is Cc1ccc(C(O)C2(CN)CCOc3ccccc32)nc1. The van der Waals surface area contributed by atoms with Crippen molar-refractivity contribution in [3.8, 4) is 5.75 Å². The van der Waals surface area contributed by atoms with Crippen LogP contribution in [0.1, 0.15) is 29.3 Å². The molecule has 2 atom stereocenters. The number of fused-ring (bicyclic) bond motifs is 1. The zero-order valence-corrected chi connectivity index (χ0v) is 12.1. The zero-order chi connectivity index (χ0) is 14.9. The van der Waals surface area contributed by atoms with Crippen LogP contribution in [0.3, 0.4) is 0 Å². The highest BCUT2D eigenvalue weighted by atomic mass is 16.5. The van der Waals surface area contributed by atoms with Crippen molar-refractivity contribution < 1.29 is 9.84 Å². The van der Waals surface area contributed by atoms with E-state index in [0.717, 1.165) is 16.9 Å². The molecular weight excluding hydrogens is 264 g/mol. The molecule has 0 bridgehead atoms. The standard InChI is InChI=1S/C17H20N2O2/c1-12-6-7-14(19-10-12)16(20)17(11-18)8-9-21-15-5-3-2-4-13(15)17/h2-7,10,16,20H,8-9,11,18H2,1H3. The summed E-state index contributed by atoms with van der Waals surface area (Å²) in [6, 6.07) is 11.6. The molecule has 2 heterocycles. The van der Waals surface area contributed by atoms with E-state index in [-0.39, 0.29) is 0 Å². The quantitative estimate of drug-likeness (QED) is 0.905. The molecule has 1 aliphatic rings. The second-order valence-electron chi connectivity index (χ2n) is 5.62. The zero-order valence-electron chi connectivity index (χ0n) is 12.1. The second kappa shape index (κ2) is 5.47. The van der Waals surface area contributed by atoms with E-state index in [1.807, 2.05) is 43.3 Å².